The zero-order valence-corrected chi connectivity index (χ0v) is 7.88. The van der Waals surface area contributed by atoms with Gasteiger partial charge in [0.15, 0.2) is 11.5 Å². The van der Waals surface area contributed by atoms with Crippen LogP contribution in [0, 0.1) is 5.82 Å². The number of likely N-dealkylation sites (N-methyl/N-ethyl adjacent to an activating group) is 1. The van der Waals surface area contributed by atoms with E-state index >= 15 is 0 Å². The third-order valence-electron chi connectivity index (χ3n) is 1.98. The number of hydrogen-bond acceptors (Lipinski definition) is 3. The van der Waals surface area contributed by atoms with Crippen LogP contribution in [0.25, 0.3) is 11.1 Å². The van der Waals surface area contributed by atoms with Gasteiger partial charge in [0.05, 0.1) is 0 Å². The van der Waals surface area contributed by atoms with E-state index in [1.54, 1.807) is 6.07 Å². The molecule has 0 atom stereocenters. The molecule has 0 radical (unpaired) electrons. The Morgan fingerprint density at radius 2 is 2.36 bits per heavy atom. The Morgan fingerprint density at radius 3 is 3.14 bits per heavy atom. The van der Waals surface area contributed by atoms with Crippen molar-refractivity contribution >= 4 is 11.1 Å². The summed E-state index contributed by atoms with van der Waals surface area (Å²) in [5, 5.41) is 3.00. The lowest BCUT2D eigenvalue weighted by Gasteiger charge is -1.91. The van der Waals surface area contributed by atoms with E-state index in [-0.39, 0.29) is 5.82 Å². The van der Waals surface area contributed by atoms with Gasteiger partial charge in [0.25, 0.3) is 0 Å². The minimum absolute atomic E-state index is 0.286. The Kier molecular flexibility index (Phi) is 2.45. The minimum atomic E-state index is -0.286. The van der Waals surface area contributed by atoms with Crippen LogP contribution in [-0.2, 0) is 6.42 Å². The van der Waals surface area contributed by atoms with E-state index in [0.29, 0.717) is 23.4 Å². The Bertz CT molecular complexity index is 439. The molecule has 0 saturated heterocycles. The van der Waals surface area contributed by atoms with E-state index in [1.807, 2.05) is 7.05 Å². The Labute approximate surface area is 80.9 Å². The summed E-state index contributed by atoms with van der Waals surface area (Å²) in [5.41, 5.74) is 1.22. The second-order valence-electron chi connectivity index (χ2n) is 3.07. The summed E-state index contributed by atoms with van der Waals surface area (Å²) >= 11 is 0. The highest BCUT2D eigenvalue weighted by Gasteiger charge is 2.05. The molecule has 2 rings (SSSR count). The Balaban J connectivity index is 2.32. The number of nitrogens with zero attached hydrogens (tertiary/aromatic N) is 1. The summed E-state index contributed by atoms with van der Waals surface area (Å²) in [6.07, 6.45) is 0.715. The molecule has 0 bridgehead atoms. The van der Waals surface area contributed by atoms with Crippen molar-refractivity contribution in [1.82, 2.24) is 10.3 Å². The molecule has 0 aliphatic heterocycles. The predicted molar refractivity (Wildman–Crippen MR) is 51.6 cm³/mol. The summed E-state index contributed by atoms with van der Waals surface area (Å²) < 4.78 is 18.2. The highest BCUT2D eigenvalue weighted by Crippen LogP contribution is 2.16. The number of benzene rings is 1. The fourth-order valence-corrected chi connectivity index (χ4v) is 1.29. The first-order chi connectivity index (χ1) is 6.79. The third kappa shape index (κ3) is 1.75. The molecule has 1 aromatic carbocycles. The van der Waals surface area contributed by atoms with Crippen LogP contribution in [0.2, 0.25) is 0 Å². The Morgan fingerprint density at radius 1 is 1.50 bits per heavy atom. The van der Waals surface area contributed by atoms with Gasteiger partial charge in [-0.3, -0.25) is 0 Å². The largest absolute Gasteiger partial charge is 0.441 e. The summed E-state index contributed by atoms with van der Waals surface area (Å²) in [5.74, 6) is 0.353. The van der Waals surface area contributed by atoms with Gasteiger partial charge in [0.1, 0.15) is 11.3 Å². The van der Waals surface area contributed by atoms with E-state index in [9.17, 15) is 4.39 Å². The highest BCUT2D eigenvalue weighted by atomic mass is 19.1. The minimum Gasteiger partial charge on any atom is -0.441 e. The normalized spacial score (nSPS) is 11.0. The molecular weight excluding hydrogens is 183 g/mol. The second kappa shape index (κ2) is 3.75. The van der Waals surface area contributed by atoms with Gasteiger partial charge in [-0.25, -0.2) is 9.37 Å². The quantitative estimate of drug-likeness (QED) is 0.808. The molecule has 2 aromatic rings. The number of oxazole rings is 1. The van der Waals surface area contributed by atoms with E-state index < -0.39 is 0 Å². The molecule has 0 unspecified atom stereocenters. The fourth-order valence-electron chi connectivity index (χ4n) is 1.29. The summed E-state index contributed by atoms with van der Waals surface area (Å²) in [6, 6.07) is 4.34. The van der Waals surface area contributed by atoms with E-state index in [4.69, 9.17) is 4.42 Å². The van der Waals surface area contributed by atoms with Crippen LogP contribution in [0.1, 0.15) is 5.89 Å². The second-order valence-corrected chi connectivity index (χ2v) is 3.07. The van der Waals surface area contributed by atoms with Crippen LogP contribution in [0.4, 0.5) is 4.39 Å². The van der Waals surface area contributed by atoms with Crippen molar-refractivity contribution in [1.29, 1.82) is 0 Å². The van der Waals surface area contributed by atoms with Gasteiger partial charge in [0.2, 0.25) is 0 Å². The first-order valence-electron chi connectivity index (χ1n) is 4.49. The molecular formula is C10H11FN2O. The van der Waals surface area contributed by atoms with Crippen molar-refractivity contribution in [3.63, 3.8) is 0 Å². The number of nitrogens with one attached hydrogen (secondary N) is 1. The number of rotatable bonds is 3. The molecule has 1 N–H and O–H groups in total. The number of fused-ring (bicyclic) bond motifs is 1. The lowest BCUT2D eigenvalue weighted by molar-refractivity contribution is 0.522. The van der Waals surface area contributed by atoms with E-state index in [2.05, 4.69) is 10.3 Å². The Hall–Kier alpha value is -1.42. The smallest absolute Gasteiger partial charge is 0.196 e. The van der Waals surface area contributed by atoms with E-state index in [0.717, 1.165) is 6.54 Å². The van der Waals surface area contributed by atoms with Crippen LogP contribution in [-0.4, -0.2) is 18.6 Å². The van der Waals surface area contributed by atoms with Crippen LogP contribution in [0.5, 0.6) is 0 Å². The molecule has 14 heavy (non-hydrogen) atoms. The van der Waals surface area contributed by atoms with Crippen LogP contribution >= 0.6 is 0 Å². The lowest BCUT2D eigenvalue weighted by Crippen LogP contribution is -2.10. The van der Waals surface area contributed by atoms with Crippen molar-refractivity contribution < 1.29 is 8.81 Å². The van der Waals surface area contributed by atoms with Crippen molar-refractivity contribution in [3.05, 3.63) is 29.9 Å². The molecule has 4 heteroatoms. The van der Waals surface area contributed by atoms with E-state index in [1.165, 1.54) is 12.1 Å². The van der Waals surface area contributed by atoms with Crippen molar-refractivity contribution in [2.24, 2.45) is 0 Å². The molecule has 0 aliphatic rings. The zero-order valence-electron chi connectivity index (χ0n) is 7.88. The van der Waals surface area contributed by atoms with Gasteiger partial charge in [-0.15, -0.1) is 0 Å². The molecule has 0 spiro atoms. The molecule has 1 aromatic heterocycles. The molecule has 0 saturated carbocycles. The maximum Gasteiger partial charge on any atom is 0.196 e. The van der Waals surface area contributed by atoms with Crippen molar-refractivity contribution in [3.8, 4) is 0 Å². The molecule has 0 aliphatic carbocycles. The van der Waals surface area contributed by atoms with Gasteiger partial charge < -0.3 is 9.73 Å². The maximum absolute atomic E-state index is 12.8. The topological polar surface area (TPSA) is 38.1 Å². The fraction of sp³-hybridized carbons (Fsp3) is 0.300. The monoisotopic (exact) mass is 194 g/mol. The summed E-state index contributed by atoms with van der Waals surface area (Å²) in [7, 11) is 1.86. The maximum atomic E-state index is 12.8. The van der Waals surface area contributed by atoms with Gasteiger partial charge in [-0.2, -0.15) is 0 Å². The summed E-state index contributed by atoms with van der Waals surface area (Å²) in [4.78, 5) is 4.16. The van der Waals surface area contributed by atoms with Gasteiger partial charge in [0, 0.05) is 19.0 Å². The van der Waals surface area contributed by atoms with Crippen LogP contribution in [0.15, 0.2) is 22.6 Å². The van der Waals surface area contributed by atoms with Crippen molar-refractivity contribution in [2.75, 3.05) is 13.6 Å². The lowest BCUT2D eigenvalue weighted by atomic mass is 10.3. The standard InChI is InChI=1S/C10H11FN2O/c1-12-5-4-10-13-8-6-7(11)2-3-9(8)14-10/h2-3,6,12H,4-5H2,1H3. The zero-order chi connectivity index (χ0) is 9.97. The van der Waals surface area contributed by atoms with Crippen LogP contribution < -0.4 is 5.32 Å². The molecule has 0 amide bonds. The number of halogens is 1. The third-order valence-corrected chi connectivity index (χ3v) is 1.98. The average Bonchev–Trinajstić information content (AvgIpc) is 2.56. The van der Waals surface area contributed by atoms with Gasteiger partial charge in [-0.1, -0.05) is 0 Å². The molecule has 0 fully saturated rings. The highest BCUT2D eigenvalue weighted by molar-refractivity contribution is 5.72. The van der Waals surface area contributed by atoms with Crippen LogP contribution in [0.3, 0.4) is 0 Å². The first-order valence-corrected chi connectivity index (χ1v) is 4.49. The van der Waals surface area contributed by atoms with Crippen molar-refractivity contribution in [2.45, 2.75) is 6.42 Å². The number of hydrogen-bond donors (Lipinski definition) is 1. The predicted octanol–water partition coefficient (Wildman–Crippen LogP) is 1.73. The SMILES string of the molecule is CNCCc1nc2cc(F)ccc2o1. The first kappa shape index (κ1) is 9.15. The summed E-state index contributed by atoms with van der Waals surface area (Å²) in [6.45, 7) is 0.801. The molecule has 3 nitrogen and oxygen atoms in total. The number of aromatic nitrogens is 1. The molecule has 74 valence electrons. The van der Waals surface area contributed by atoms with Gasteiger partial charge in [-0.05, 0) is 19.2 Å². The van der Waals surface area contributed by atoms with Gasteiger partial charge >= 0.3 is 0 Å². The molecule has 1 heterocycles. The average molecular weight is 194 g/mol.